The van der Waals surface area contributed by atoms with Crippen LogP contribution in [0.4, 0.5) is 5.69 Å². The minimum atomic E-state index is -0.889. The molecular formula is C21H21N3O4. The van der Waals surface area contributed by atoms with Crippen molar-refractivity contribution in [2.45, 2.75) is 25.9 Å². The van der Waals surface area contributed by atoms with Crippen LogP contribution in [0.1, 0.15) is 19.2 Å². The van der Waals surface area contributed by atoms with Crippen molar-refractivity contribution in [2.24, 2.45) is 0 Å². The number of carbonyl (C=O) groups is 2. The summed E-state index contributed by atoms with van der Waals surface area (Å²) in [6.45, 7) is 1.56. The fraction of sp³-hybridized carbons (Fsp3) is 0.238. The molecule has 0 fully saturated rings. The highest BCUT2D eigenvalue weighted by Gasteiger charge is 2.22. The van der Waals surface area contributed by atoms with Crippen molar-refractivity contribution < 1.29 is 18.8 Å². The molecule has 1 amide bonds. The van der Waals surface area contributed by atoms with E-state index in [2.05, 4.69) is 10.1 Å². The van der Waals surface area contributed by atoms with Gasteiger partial charge in [0.1, 0.15) is 0 Å². The van der Waals surface area contributed by atoms with E-state index >= 15 is 0 Å². The number of amides is 1. The van der Waals surface area contributed by atoms with Gasteiger partial charge in [-0.25, -0.2) is 0 Å². The molecule has 7 heteroatoms. The van der Waals surface area contributed by atoms with Gasteiger partial charge in [-0.2, -0.15) is 4.98 Å². The highest BCUT2D eigenvalue weighted by molar-refractivity contribution is 5.96. The molecule has 1 heterocycles. The number of esters is 1. The van der Waals surface area contributed by atoms with Gasteiger partial charge >= 0.3 is 5.97 Å². The number of likely N-dealkylation sites (N-methyl/N-ethyl adjacent to an activating group) is 1. The highest BCUT2D eigenvalue weighted by atomic mass is 16.5. The predicted molar refractivity (Wildman–Crippen MR) is 103 cm³/mol. The summed E-state index contributed by atoms with van der Waals surface area (Å²) in [5.41, 5.74) is 1.57. The zero-order valence-electron chi connectivity index (χ0n) is 15.7. The Balaban J connectivity index is 1.50. The van der Waals surface area contributed by atoms with Gasteiger partial charge in [0.2, 0.25) is 11.7 Å². The molecule has 1 aromatic heterocycles. The molecule has 0 bridgehead atoms. The molecule has 0 aliphatic carbocycles. The Hall–Kier alpha value is -3.48. The lowest BCUT2D eigenvalue weighted by atomic mass is 10.2. The minimum Gasteiger partial charge on any atom is -0.453 e. The molecule has 2 aromatic carbocycles. The Bertz CT molecular complexity index is 925. The standard InChI is InChI=1S/C21H21N3O4/c1-15(21(26)24(2)17-11-7-4-8-12-17)27-19(25)14-13-18-22-20(23-28-18)16-9-5-3-6-10-16/h3-12,15H,13-14H2,1-2H3. The van der Waals surface area contributed by atoms with Gasteiger partial charge in [0.05, 0.1) is 6.42 Å². The number of hydrogen-bond donors (Lipinski definition) is 0. The van der Waals surface area contributed by atoms with Crippen molar-refractivity contribution in [3.63, 3.8) is 0 Å². The van der Waals surface area contributed by atoms with Crippen LogP contribution in [-0.4, -0.2) is 35.2 Å². The van der Waals surface area contributed by atoms with Crippen LogP contribution in [0.15, 0.2) is 65.2 Å². The second-order valence-electron chi connectivity index (χ2n) is 6.24. The molecule has 144 valence electrons. The number of anilines is 1. The van der Waals surface area contributed by atoms with Crippen LogP contribution in [0.3, 0.4) is 0 Å². The Morgan fingerprint density at radius 3 is 2.39 bits per heavy atom. The molecule has 1 unspecified atom stereocenters. The molecule has 3 aromatic rings. The van der Waals surface area contributed by atoms with Crippen LogP contribution in [0, 0.1) is 0 Å². The molecule has 7 nitrogen and oxygen atoms in total. The van der Waals surface area contributed by atoms with Crippen molar-refractivity contribution in [2.75, 3.05) is 11.9 Å². The summed E-state index contributed by atoms with van der Waals surface area (Å²) in [4.78, 5) is 30.2. The van der Waals surface area contributed by atoms with E-state index in [1.807, 2.05) is 60.7 Å². The highest BCUT2D eigenvalue weighted by Crippen LogP contribution is 2.16. The molecule has 1 atom stereocenters. The van der Waals surface area contributed by atoms with Gasteiger partial charge in [-0.1, -0.05) is 53.7 Å². The second kappa shape index (κ2) is 8.94. The predicted octanol–water partition coefficient (Wildman–Crippen LogP) is 3.26. The number of para-hydroxylation sites is 1. The van der Waals surface area contributed by atoms with Gasteiger partial charge in [-0.3, -0.25) is 9.59 Å². The second-order valence-corrected chi connectivity index (χ2v) is 6.24. The van der Waals surface area contributed by atoms with E-state index in [9.17, 15) is 9.59 Å². The molecule has 0 N–H and O–H groups in total. The number of carbonyl (C=O) groups excluding carboxylic acids is 2. The summed E-state index contributed by atoms with van der Waals surface area (Å²) in [7, 11) is 1.64. The number of aryl methyl sites for hydroxylation is 1. The van der Waals surface area contributed by atoms with Crippen molar-refractivity contribution in [1.82, 2.24) is 10.1 Å². The Morgan fingerprint density at radius 2 is 1.71 bits per heavy atom. The third-order valence-corrected chi connectivity index (χ3v) is 4.17. The number of aromatic nitrogens is 2. The van der Waals surface area contributed by atoms with Crippen molar-refractivity contribution >= 4 is 17.6 Å². The fourth-order valence-electron chi connectivity index (χ4n) is 2.63. The summed E-state index contributed by atoms with van der Waals surface area (Å²) >= 11 is 0. The van der Waals surface area contributed by atoms with E-state index in [0.29, 0.717) is 11.7 Å². The molecule has 0 spiro atoms. The third-order valence-electron chi connectivity index (χ3n) is 4.17. The SMILES string of the molecule is CC(OC(=O)CCc1nc(-c2ccccc2)no1)C(=O)N(C)c1ccccc1. The van der Waals surface area contributed by atoms with Crippen LogP contribution in [0.5, 0.6) is 0 Å². The lowest BCUT2D eigenvalue weighted by molar-refractivity contribution is -0.153. The maximum atomic E-state index is 12.4. The van der Waals surface area contributed by atoms with Gasteiger partial charge in [-0.15, -0.1) is 0 Å². The van der Waals surface area contributed by atoms with Crippen LogP contribution in [0.2, 0.25) is 0 Å². The van der Waals surface area contributed by atoms with E-state index in [1.165, 1.54) is 4.90 Å². The smallest absolute Gasteiger partial charge is 0.307 e. The topological polar surface area (TPSA) is 85.5 Å². The van der Waals surface area contributed by atoms with Gasteiger partial charge in [0.25, 0.3) is 5.91 Å². The van der Waals surface area contributed by atoms with Crippen molar-refractivity contribution in [3.05, 3.63) is 66.6 Å². The zero-order valence-corrected chi connectivity index (χ0v) is 15.7. The lowest BCUT2D eigenvalue weighted by Gasteiger charge is -2.21. The first-order chi connectivity index (χ1) is 13.5. The molecule has 28 heavy (non-hydrogen) atoms. The molecular weight excluding hydrogens is 358 g/mol. The third kappa shape index (κ3) is 4.82. The Labute approximate surface area is 162 Å². The number of ether oxygens (including phenoxy) is 1. The van der Waals surface area contributed by atoms with Crippen molar-refractivity contribution in [1.29, 1.82) is 0 Å². The largest absolute Gasteiger partial charge is 0.453 e. The lowest BCUT2D eigenvalue weighted by Crippen LogP contribution is -2.37. The quantitative estimate of drug-likeness (QED) is 0.586. The molecule has 0 aliphatic heterocycles. The molecule has 0 saturated heterocycles. The summed E-state index contributed by atoms with van der Waals surface area (Å²) in [5.74, 6) is 0.0127. The molecule has 0 radical (unpaired) electrons. The summed E-state index contributed by atoms with van der Waals surface area (Å²) < 4.78 is 10.4. The molecule has 0 aliphatic rings. The number of hydrogen-bond acceptors (Lipinski definition) is 6. The first-order valence-electron chi connectivity index (χ1n) is 8.94. The normalized spacial score (nSPS) is 11.6. The first kappa shape index (κ1) is 19.3. The number of nitrogens with zero attached hydrogens (tertiary/aromatic N) is 3. The summed E-state index contributed by atoms with van der Waals surface area (Å²) in [6.07, 6.45) is -0.600. The van der Waals surface area contributed by atoms with E-state index in [4.69, 9.17) is 9.26 Å². The molecule has 0 saturated carbocycles. The monoisotopic (exact) mass is 379 g/mol. The van der Waals surface area contributed by atoms with Crippen LogP contribution < -0.4 is 4.90 Å². The first-order valence-corrected chi connectivity index (χ1v) is 8.94. The maximum absolute atomic E-state index is 12.4. The summed E-state index contributed by atoms with van der Waals surface area (Å²) in [5, 5.41) is 3.91. The van der Waals surface area contributed by atoms with Gasteiger partial charge in [0.15, 0.2) is 6.10 Å². The van der Waals surface area contributed by atoms with Crippen LogP contribution in [-0.2, 0) is 20.7 Å². The van der Waals surface area contributed by atoms with Gasteiger partial charge < -0.3 is 14.2 Å². The fourth-order valence-corrected chi connectivity index (χ4v) is 2.63. The molecule has 3 rings (SSSR count). The Kier molecular flexibility index (Phi) is 6.16. The average Bonchev–Trinajstić information content (AvgIpc) is 3.21. The number of benzene rings is 2. The minimum absolute atomic E-state index is 0.0447. The zero-order chi connectivity index (χ0) is 19.9. The van der Waals surface area contributed by atoms with Gasteiger partial charge in [-0.05, 0) is 19.1 Å². The van der Waals surface area contributed by atoms with Crippen molar-refractivity contribution in [3.8, 4) is 11.4 Å². The maximum Gasteiger partial charge on any atom is 0.307 e. The van der Waals surface area contributed by atoms with E-state index in [1.54, 1.807) is 14.0 Å². The van der Waals surface area contributed by atoms with E-state index < -0.39 is 12.1 Å². The summed E-state index contributed by atoms with van der Waals surface area (Å²) in [6, 6.07) is 18.6. The van der Waals surface area contributed by atoms with E-state index in [0.717, 1.165) is 11.3 Å². The van der Waals surface area contributed by atoms with Crippen LogP contribution in [0.25, 0.3) is 11.4 Å². The van der Waals surface area contributed by atoms with Gasteiger partial charge in [0, 0.05) is 24.7 Å². The number of rotatable bonds is 7. The van der Waals surface area contributed by atoms with E-state index in [-0.39, 0.29) is 18.7 Å². The Morgan fingerprint density at radius 1 is 1.07 bits per heavy atom. The average molecular weight is 379 g/mol. The van der Waals surface area contributed by atoms with Crippen LogP contribution >= 0.6 is 0 Å².